The van der Waals surface area contributed by atoms with E-state index in [1.165, 1.54) is 71.2 Å². The third kappa shape index (κ3) is 3.25. The molecule has 2 rings (SSSR count). The zero-order valence-electron chi connectivity index (χ0n) is 9.30. The molecule has 14 heavy (non-hydrogen) atoms. The summed E-state index contributed by atoms with van der Waals surface area (Å²) in [6.07, 6.45) is 8.95. The number of hydrogen-bond acceptors (Lipinski definition) is 2. The first kappa shape index (κ1) is 10.4. The van der Waals surface area contributed by atoms with Crippen LogP contribution in [0.25, 0.3) is 0 Å². The van der Waals surface area contributed by atoms with Crippen LogP contribution in [0.4, 0.5) is 0 Å². The summed E-state index contributed by atoms with van der Waals surface area (Å²) in [5.41, 5.74) is 0. The van der Waals surface area contributed by atoms with Gasteiger partial charge in [0.25, 0.3) is 0 Å². The van der Waals surface area contributed by atoms with Crippen molar-refractivity contribution in [2.24, 2.45) is 5.92 Å². The van der Waals surface area contributed by atoms with Crippen molar-refractivity contribution in [2.75, 3.05) is 32.7 Å². The van der Waals surface area contributed by atoms with Crippen LogP contribution < -0.4 is 5.32 Å². The van der Waals surface area contributed by atoms with Crippen molar-refractivity contribution < 1.29 is 0 Å². The van der Waals surface area contributed by atoms with E-state index in [1.54, 1.807) is 0 Å². The molecule has 0 spiro atoms. The van der Waals surface area contributed by atoms with Crippen molar-refractivity contribution >= 4 is 0 Å². The molecule has 1 aliphatic carbocycles. The van der Waals surface area contributed by atoms with Crippen LogP contribution in [0.2, 0.25) is 0 Å². The molecule has 2 aliphatic rings. The van der Waals surface area contributed by atoms with Gasteiger partial charge in [-0.15, -0.1) is 0 Å². The largest absolute Gasteiger partial charge is 0.314 e. The maximum Gasteiger partial charge on any atom is 0.0107 e. The zero-order chi connectivity index (χ0) is 9.64. The standard InChI is InChI=1S/C12H24N2/c1(4-12-5-3-6-12)2-9-14-10-7-13-8-11-14/h12-13H,1-11H2. The fourth-order valence-electron chi connectivity index (χ4n) is 2.48. The average Bonchev–Trinajstić information content (AvgIpc) is 2.16. The molecule has 0 aromatic carbocycles. The van der Waals surface area contributed by atoms with E-state index in [-0.39, 0.29) is 0 Å². The van der Waals surface area contributed by atoms with Crippen molar-refractivity contribution in [3.8, 4) is 0 Å². The van der Waals surface area contributed by atoms with E-state index >= 15 is 0 Å². The predicted octanol–water partition coefficient (Wildman–Crippen LogP) is 1.86. The number of rotatable bonds is 5. The van der Waals surface area contributed by atoms with Crippen LogP contribution in [0.3, 0.4) is 0 Å². The van der Waals surface area contributed by atoms with Gasteiger partial charge in [0.05, 0.1) is 0 Å². The summed E-state index contributed by atoms with van der Waals surface area (Å²) in [5, 5.41) is 3.40. The van der Waals surface area contributed by atoms with E-state index in [2.05, 4.69) is 10.2 Å². The van der Waals surface area contributed by atoms with Crippen LogP contribution in [0.1, 0.15) is 38.5 Å². The quantitative estimate of drug-likeness (QED) is 0.675. The highest BCUT2D eigenvalue weighted by Crippen LogP contribution is 2.30. The average molecular weight is 196 g/mol. The van der Waals surface area contributed by atoms with Gasteiger partial charge in [-0.25, -0.2) is 0 Å². The Hall–Kier alpha value is -0.0800. The molecule has 1 heterocycles. The summed E-state index contributed by atoms with van der Waals surface area (Å²) in [6.45, 7) is 6.27. The minimum absolute atomic E-state index is 1.11. The maximum absolute atomic E-state index is 3.40. The Kier molecular flexibility index (Phi) is 4.26. The predicted molar refractivity (Wildman–Crippen MR) is 60.5 cm³/mol. The third-order valence-corrected chi connectivity index (χ3v) is 3.77. The molecule has 2 nitrogen and oxygen atoms in total. The topological polar surface area (TPSA) is 15.3 Å². The Morgan fingerprint density at radius 3 is 2.50 bits per heavy atom. The number of nitrogens with zero attached hydrogens (tertiary/aromatic N) is 1. The van der Waals surface area contributed by atoms with Gasteiger partial charge in [-0.3, -0.25) is 0 Å². The summed E-state index contributed by atoms with van der Waals surface area (Å²) >= 11 is 0. The van der Waals surface area contributed by atoms with Crippen molar-refractivity contribution in [1.82, 2.24) is 10.2 Å². The third-order valence-electron chi connectivity index (χ3n) is 3.77. The van der Waals surface area contributed by atoms with Gasteiger partial charge in [0.1, 0.15) is 0 Å². The lowest BCUT2D eigenvalue weighted by molar-refractivity contribution is 0.227. The second-order valence-corrected chi connectivity index (χ2v) is 4.88. The second-order valence-electron chi connectivity index (χ2n) is 4.88. The SMILES string of the molecule is C(CCN1CCNCC1)CC1CCC1. The highest BCUT2D eigenvalue weighted by molar-refractivity contribution is 4.71. The van der Waals surface area contributed by atoms with Gasteiger partial charge in [0.15, 0.2) is 0 Å². The Labute approximate surface area is 88.1 Å². The maximum atomic E-state index is 3.40. The van der Waals surface area contributed by atoms with E-state index < -0.39 is 0 Å². The van der Waals surface area contributed by atoms with Gasteiger partial charge in [-0.05, 0) is 18.9 Å². The molecule has 0 aromatic rings. The van der Waals surface area contributed by atoms with E-state index in [4.69, 9.17) is 0 Å². The van der Waals surface area contributed by atoms with E-state index in [1.807, 2.05) is 0 Å². The van der Waals surface area contributed by atoms with Gasteiger partial charge in [-0.2, -0.15) is 0 Å². The Morgan fingerprint density at radius 1 is 1.07 bits per heavy atom. The van der Waals surface area contributed by atoms with Crippen LogP contribution in [0.15, 0.2) is 0 Å². The molecule has 0 atom stereocenters. The van der Waals surface area contributed by atoms with E-state index in [0.29, 0.717) is 0 Å². The van der Waals surface area contributed by atoms with Gasteiger partial charge in [0.2, 0.25) is 0 Å². The van der Waals surface area contributed by atoms with Crippen LogP contribution in [0, 0.1) is 5.92 Å². The molecule has 1 saturated carbocycles. The van der Waals surface area contributed by atoms with Crippen molar-refractivity contribution in [2.45, 2.75) is 38.5 Å². The van der Waals surface area contributed by atoms with Crippen LogP contribution in [-0.4, -0.2) is 37.6 Å². The van der Waals surface area contributed by atoms with Crippen molar-refractivity contribution in [1.29, 1.82) is 0 Å². The molecule has 1 saturated heterocycles. The Balaban J connectivity index is 1.45. The minimum atomic E-state index is 1.11. The summed E-state index contributed by atoms with van der Waals surface area (Å²) in [4.78, 5) is 2.61. The lowest BCUT2D eigenvalue weighted by atomic mass is 9.82. The van der Waals surface area contributed by atoms with Crippen LogP contribution in [-0.2, 0) is 0 Å². The summed E-state index contributed by atoms with van der Waals surface area (Å²) in [6, 6.07) is 0. The highest BCUT2D eigenvalue weighted by Gasteiger charge is 2.16. The molecule has 0 unspecified atom stereocenters. The zero-order valence-corrected chi connectivity index (χ0v) is 9.30. The molecular formula is C12H24N2. The molecule has 0 bridgehead atoms. The van der Waals surface area contributed by atoms with Crippen molar-refractivity contribution in [3.05, 3.63) is 0 Å². The summed E-state index contributed by atoms with van der Waals surface area (Å²) < 4.78 is 0. The normalized spacial score (nSPS) is 24.9. The molecule has 82 valence electrons. The smallest absolute Gasteiger partial charge is 0.0107 e. The lowest BCUT2D eigenvalue weighted by Gasteiger charge is -2.28. The second kappa shape index (κ2) is 5.72. The first-order valence-electron chi connectivity index (χ1n) is 6.38. The molecule has 0 aromatic heterocycles. The molecule has 2 heteroatoms. The molecule has 0 amide bonds. The van der Waals surface area contributed by atoms with Crippen LogP contribution in [0.5, 0.6) is 0 Å². The first-order valence-corrected chi connectivity index (χ1v) is 6.38. The summed E-state index contributed by atoms with van der Waals surface area (Å²) in [5.74, 6) is 1.11. The number of piperazine rings is 1. The fraction of sp³-hybridized carbons (Fsp3) is 1.00. The number of nitrogens with one attached hydrogen (secondary N) is 1. The Morgan fingerprint density at radius 2 is 1.86 bits per heavy atom. The monoisotopic (exact) mass is 196 g/mol. The van der Waals surface area contributed by atoms with Gasteiger partial charge >= 0.3 is 0 Å². The molecule has 2 fully saturated rings. The molecule has 1 aliphatic heterocycles. The van der Waals surface area contributed by atoms with Gasteiger partial charge < -0.3 is 10.2 Å². The minimum Gasteiger partial charge on any atom is -0.314 e. The number of hydrogen-bond donors (Lipinski definition) is 1. The summed E-state index contributed by atoms with van der Waals surface area (Å²) in [7, 11) is 0. The molecule has 1 N–H and O–H groups in total. The first-order chi connectivity index (χ1) is 6.95. The van der Waals surface area contributed by atoms with Gasteiger partial charge in [0, 0.05) is 26.2 Å². The number of unbranched alkanes of at least 4 members (excludes halogenated alkanes) is 1. The highest BCUT2D eigenvalue weighted by atomic mass is 15.2. The van der Waals surface area contributed by atoms with E-state index in [9.17, 15) is 0 Å². The molecular weight excluding hydrogens is 172 g/mol. The van der Waals surface area contributed by atoms with Gasteiger partial charge in [-0.1, -0.05) is 32.1 Å². The van der Waals surface area contributed by atoms with E-state index in [0.717, 1.165) is 5.92 Å². The van der Waals surface area contributed by atoms with Crippen molar-refractivity contribution in [3.63, 3.8) is 0 Å². The van der Waals surface area contributed by atoms with Crippen LogP contribution >= 0.6 is 0 Å². The molecule has 0 radical (unpaired) electrons. The fourth-order valence-corrected chi connectivity index (χ4v) is 2.48. The Bertz CT molecular complexity index is 148. The lowest BCUT2D eigenvalue weighted by Crippen LogP contribution is -2.43.